The normalized spacial score (nSPS) is 19.4. The fraction of sp³-hybridized carbons (Fsp3) is 0.636. The Labute approximate surface area is 100 Å². The van der Waals surface area contributed by atoms with Gasteiger partial charge < -0.3 is 10.4 Å². The molecule has 1 aromatic rings. The summed E-state index contributed by atoms with van der Waals surface area (Å²) in [4.78, 5) is 8.12. The van der Waals surface area contributed by atoms with E-state index in [0.29, 0.717) is 11.0 Å². The maximum absolute atomic E-state index is 9.54. The summed E-state index contributed by atoms with van der Waals surface area (Å²) in [5, 5.41) is 13.2. The lowest BCUT2D eigenvalue weighted by Gasteiger charge is -2.36. The van der Waals surface area contributed by atoms with Gasteiger partial charge in [-0.15, -0.1) is 0 Å². The lowest BCUT2D eigenvalue weighted by atomic mass is 9.82. The number of nitrogens with zero attached hydrogens (tertiary/aromatic N) is 2. The molecule has 0 bridgehead atoms. The van der Waals surface area contributed by atoms with Crippen molar-refractivity contribution in [3.8, 4) is 0 Å². The van der Waals surface area contributed by atoms with Gasteiger partial charge in [-0.2, -0.15) is 0 Å². The van der Waals surface area contributed by atoms with E-state index in [4.69, 9.17) is 11.6 Å². The first-order valence-corrected chi connectivity index (χ1v) is 5.99. The predicted molar refractivity (Wildman–Crippen MR) is 63.6 cm³/mol. The summed E-state index contributed by atoms with van der Waals surface area (Å²) in [5.41, 5.74) is -0.266. The number of hydrogen-bond donors (Lipinski definition) is 2. The maximum atomic E-state index is 9.54. The van der Waals surface area contributed by atoms with E-state index >= 15 is 0 Å². The van der Waals surface area contributed by atoms with Crippen molar-refractivity contribution in [2.45, 2.75) is 37.6 Å². The summed E-state index contributed by atoms with van der Waals surface area (Å²) < 4.78 is 0. The second-order valence-corrected chi connectivity index (χ2v) is 4.68. The molecule has 0 unspecified atom stereocenters. The van der Waals surface area contributed by atoms with Crippen LogP contribution in [-0.2, 0) is 0 Å². The van der Waals surface area contributed by atoms with Gasteiger partial charge in [0.1, 0.15) is 0 Å². The van der Waals surface area contributed by atoms with Crippen LogP contribution in [0.15, 0.2) is 12.4 Å². The molecule has 0 aliphatic heterocycles. The first kappa shape index (κ1) is 11.6. The highest BCUT2D eigenvalue weighted by Crippen LogP contribution is 2.32. The number of halogens is 1. The molecule has 4 nitrogen and oxygen atoms in total. The van der Waals surface area contributed by atoms with Crippen LogP contribution < -0.4 is 5.32 Å². The van der Waals surface area contributed by atoms with Crippen LogP contribution >= 0.6 is 11.6 Å². The average Bonchev–Trinajstić information content (AvgIpc) is 2.33. The summed E-state index contributed by atoms with van der Waals surface area (Å²) in [5.74, 6) is 0.570. The SMILES string of the molecule is OCC1(Nc2nccnc2Cl)CCCCC1. The van der Waals surface area contributed by atoms with Gasteiger partial charge in [0.25, 0.3) is 0 Å². The van der Waals surface area contributed by atoms with Gasteiger partial charge in [-0.1, -0.05) is 30.9 Å². The van der Waals surface area contributed by atoms with Crippen molar-refractivity contribution in [2.75, 3.05) is 11.9 Å². The fourth-order valence-corrected chi connectivity index (χ4v) is 2.36. The highest BCUT2D eigenvalue weighted by molar-refractivity contribution is 6.31. The number of aliphatic hydroxyl groups excluding tert-OH is 1. The number of rotatable bonds is 3. The van der Waals surface area contributed by atoms with Crippen molar-refractivity contribution < 1.29 is 5.11 Å². The van der Waals surface area contributed by atoms with Crippen LogP contribution in [-0.4, -0.2) is 27.2 Å². The van der Waals surface area contributed by atoms with E-state index in [-0.39, 0.29) is 12.1 Å². The molecule has 1 aliphatic rings. The van der Waals surface area contributed by atoms with Crippen LogP contribution in [0.4, 0.5) is 5.82 Å². The summed E-state index contributed by atoms with van der Waals surface area (Å²) in [7, 11) is 0. The highest BCUT2D eigenvalue weighted by atomic mass is 35.5. The zero-order chi connectivity index (χ0) is 11.4. The number of aliphatic hydroxyl groups is 1. The Morgan fingerprint density at radius 2 is 1.94 bits per heavy atom. The largest absolute Gasteiger partial charge is 0.394 e. The van der Waals surface area contributed by atoms with Crippen molar-refractivity contribution in [3.63, 3.8) is 0 Å². The molecule has 2 rings (SSSR count). The minimum Gasteiger partial charge on any atom is -0.394 e. The molecule has 0 atom stereocenters. The van der Waals surface area contributed by atoms with E-state index in [1.807, 2.05) is 0 Å². The first-order valence-electron chi connectivity index (χ1n) is 5.61. The Hall–Kier alpha value is -0.870. The van der Waals surface area contributed by atoms with Crippen molar-refractivity contribution in [1.29, 1.82) is 0 Å². The summed E-state index contributed by atoms with van der Waals surface area (Å²) in [6.45, 7) is 0.111. The second-order valence-electron chi connectivity index (χ2n) is 4.32. The Kier molecular flexibility index (Phi) is 3.61. The van der Waals surface area contributed by atoms with Crippen LogP contribution in [0.25, 0.3) is 0 Å². The van der Waals surface area contributed by atoms with Crippen LogP contribution in [0.3, 0.4) is 0 Å². The van der Waals surface area contributed by atoms with E-state index < -0.39 is 0 Å². The Bertz CT molecular complexity index is 353. The van der Waals surface area contributed by atoms with Crippen molar-refractivity contribution in [1.82, 2.24) is 9.97 Å². The van der Waals surface area contributed by atoms with Gasteiger partial charge >= 0.3 is 0 Å². The summed E-state index contributed by atoms with van der Waals surface area (Å²) in [6, 6.07) is 0. The molecular weight excluding hydrogens is 226 g/mol. The molecule has 2 N–H and O–H groups in total. The molecule has 0 radical (unpaired) electrons. The van der Waals surface area contributed by atoms with E-state index in [1.54, 1.807) is 12.4 Å². The molecule has 1 aromatic heterocycles. The molecule has 1 saturated carbocycles. The molecule has 1 fully saturated rings. The number of nitrogens with one attached hydrogen (secondary N) is 1. The topological polar surface area (TPSA) is 58.0 Å². The van der Waals surface area contributed by atoms with E-state index in [0.717, 1.165) is 25.7 Å². The number of aromatic nitrogens is 2. The summed E-state index contributed by atoms with van der Waals surface area (Å²) >= 11 is 5.94. The number of hydrogen-bond acceptors (Lipinski definition) is 4. The zero-order valence-corrected chi connectivity index (χ0v) is 9.87. The van der Waals surface area contributed by atoms with Crippen LogP contribution in [0.5, 0.6) is 0 Å². The van der Waals surface area contributed by atoms with Gasteiger partial charge in [0.15, 0.2) is 11.0 Å². The van der Waals surface area contributed by atoms with Gasteiger partial charge in [-0.05, 0) is 12.8 Å². The lowest BCUT2D eigenvalue weighted by molar-refractivity contribution is 0.172. The van der Waals surface area contributed by atoms with E-state index in [9.17, 15) is 5.11 Å². The molecule has 5 heteroatoms. The number of anilines is 1. The third-order valence-corrected chi connectivity index (χ3v) is 3.43. The highest BCUT2D eigenvalue weighted by Gasteiger charge is 2.32. The van der Waals surface area contributed by atoms with E-state index in [2.05, 4.69) is 15.3 Å². The van der Waals surface area contributed by atoms with Crippen LogP contribution in [0, 0.1) is 0 Å². The molecular formula is C11H16ClN3O. The molecule has 88 valence electrons. The Morgan fingerprint density at radius 1 is 1.25 bits per heavy atom. The van der Waals surface area contributed by atoms with Gasteiger partial charge in [-0.3, -0.25) is 0 Å². The maximum Gasteiger partial charge on any atom is 0.171 e. The Balaban J connectivity index is 2.15. The van der Waals surface area contributed by atoms with Gasteiger partial charge in [0.2, 0.25) is 0 Å². The third-order valence-electron chi connectivity index (χ3n) is 3.15. The van der Waals surface area contributed by atoms with Gasteiger partial charge in [-0.25, -0.2) is 9.97 Å². The molecule has 0 amide bonds. The van der Waals surface area contributed by atoms with Crippen molar-refractivity contribution >= 4 is 17.4 Å². The monoisotopic (exact) mass is 241 g/mol. The van der Waals surface area contributed by atoms with Gasteiger partial charge in [0.05, 0.1) is 12.1 Å². The minimum absolute atomic E-state index is 0.111. The second kappa shape index (κ2) is 4.97. The fourth-order valence-electron chi connectivity index (χ4n) is 2.21. The van der Waals surface area contributed by atoms with Crippen LogP contribution in [0.1, 0.15) is 32.1 Å². The average molecular weight is 242 g/mol. The van der Waals surface area contributed by atoms with Gasteiger partial charge in [0, 0.05) is 12.4 Å². The van der Waals surface area contributed by atoms with Crippen molar-refractivity contribution in [3.05, 3.63) is 17.5 Å². The molecule has 1 heterocycles. The first-order chi connectivity index (χ1) is 7.76. The Morgan fingerprint density at radius 3 is 2.56 bits per heavy atom. The minimum atomic E-state index is -0.266. The third kappa shape index (κ3) is 2.44. The lowest BCUT2D eigenvalue weighted by Crippen LogP contribution is -2.44. The quantitative estimate of drug-likeness (QED) is 0.852. The predicted octanol–water partition coefficient (Wildman–Crippen LogP) is 2.24. The van der Waals surface area contributed by atoms with E-state index in [1.165, 1.54) is 6.42 Å². The smallest absolute Gasteiger partial charge is 0.171 e. The molecule has 0 aromatic carbocycles. The van der Waals surface area contributed by atoms with Crippen LogP contribution in [0.2, 0.25) is 5.15 Å². The molecule has 0 spiro atoms. The zero-order valence-electron chi connectivity index (χ0n) is 9.12. The summed E-state index contributed by atoms with van der Waals surface area (Å²) in [6.07, 6.45) is 8.56. The molecule has 0 saturated heterocycles. The molecule has 1 aliphatic carbocycles. The van der Waals surface area contributed by atoms with Crippen molar-refractivity contribution in [2.24, 2.45) is 0 Å². The standard InChI is InChI=1S/C11H16ClN3O/c12-9-10(14-7-6-13-9)15-11(8-16)4-2-1-3-5-11/h6-7,16H,1-5,8H2,(H,14,15). The molecule has 16 heavy (non-hydrogen) atoms.